The lowest BCUT2D eigenvalue weighted by molar-refractivity contribution is -0.272. The van der Waals surface area contributed by atoms with Crippen LogP contribution in [0.25, 0.3) is 0 Å². The summed E-state index contributed by atoms with van der Waals surface area (Å²) in [5, 5.41) is 2.69. The van der Waals surface area contributed by atoms with Crippen molar-refractivity contribution in [3.8, 4) is 0 Å². The van der Waals surface area contributed by atoms with Crippen molar-refractivity contribution in [2.75, 3.05) is 20.3 Å². The molecule has 1 amide bonds. The fourth-order valence-electron chi connectivity index (χ4n) is 3.25. The molecule has 1 atom stereocenters. The summed E-state index contributed by atoms with van der Waals surface area (Å²) in [5.41, 5.74) is 0.645. The number of ether oxygens (including phenoxy) is 3. The summed E-state index contributed by atoms with van der Waals surface area (Å²) in [6.45, 7) is 5.36. The van der Waals surface area contributed by atoms with Gasteiger partial charge in [0.1, 0.15) is 5.82 Å². The molecular weight excluding hydrogens is 393 g/mol. The van der Waals surface area contributed by atoms with Gasteiger partial charge in [-0.25, -0.2) is 9.18 Å². The van der Waals surface area contributed by atoms with Crippen molar-refractivity contribution in [1.29, 1.82) is 0 Å². The number of rotatable bonds is 9. The number of Topliss-reactive ketones (excluding diaryl/α,β-unsaturated/α-hetero) is 1. The summed E-state index contributed by atoms with van der Waals surface area (Å²) in [6, 6.07) is 3.62. The number of carbonyl (C=O) groups excluding carboxylic acids is 3. The number of nitrogens with one attached hydrogen (secondary N) is 1. The molecule has 7 nitrogen and oxygen atoms in total. The molecular formula is C22H30FNO6. The van der Waals surface area contributed by atoms with Crippen molar-refractivity contribution in [1.82, 2.24) is 5.32 Å². The van der Waals surface area contributed by atoms with Gasteiger partial charge in [0.05, 0.1) is 26.4 Å². The highest BCUT2D eigenvalue weighted by molar-refractivity contribution is 5.97. The van der Waals surface area contributed by atoms with Gasteiger partial charge in [0, 0.05) is 18.4 Å². The van der Waals surface area contributed by atoms with E-state index in [1.165, 1.54) is 39.2 Å². The van der Waals surface area contributed by atoms with Crippen LogP contribution in [-0.2, 0) is 23.8 Å². The number of aryl methyl sites for hydroxylation is 1. The molecule has 1 fully saturated rings. The van der Waals surface area contributed by atoms with Gasteiger partial charge in [-0.3, -0.25) is 9.59 Å². The fraction of sp³-hybridized carbons (Fsp3) is 0.591. The van der Waals surface area contributed by atoms with E-state index >= 15 is 0 Å². The first-order valence-corrected chi connectivity index (χ1v) is 10.1. The third kappa shape index (κ3) is 6.34. The van der Waals surface area contributed by atoms with Crippen molar-refractivity contribution in [3.05, 3.63) is 35.1 Å². The van der Waals surface area contributed by atoms with E-state index in [2.05, 4.69) is 10.1 Å². The number of esters is 1. The van der Waals surface area contributed by atoms with Crippen LogP contribution < -0.4 is 5.32 Å². The van der Waals surface area contributed by atoms with Crippen molar-refractivity contribution in [2.24, 2.45) is 5.92 Å². The van der Waals surface area contributed by atoms with E-state index in [0.717, 1.165) is 19.3 Å². The monoisotopic (exact) mass is 423 g/mol. The lowest BCUT2D eigenvalue weighted by atomic mass is 9.98. The first-order valence-electron chi connectivity index (χ1n) is 10.1. The van der Waals surface area contributed by atoms with Crippen LogP contribution >= 0.6 is 0 Å². The first-order chi connectivity index (χ1) is 14.2. The highest BCUT2D eigenvalue weighted by atomic mass is 19.1. The van der Waals surface area contributed by atoms with E-state index < -0.39 is 29.5 Å². The maximum atomic E-state index is 13.7. The zero-order chi connectivity index (χ0) is 22.3. The zero-order valence-electron chi connectivity index (χ0n) is 18.0. The molecule has 8 heteroatoms. The first kappa shape index (κ1) is 24.0. The maximum absolute atomic E-state index is 13.7. The number of amides is 1. The molecule has 30 heavy (non-hydrogen) atoms. The highest BCUT2D eigenvalue weighted by Crippen LogP contribution is 2.25. The van der Waals surface area contributed by atoms with Crippen LogP contribution in [0.4, 0.5) is 4.39 Å². The molecule has 2 rings (SSSR count). The maximum Gasteiger partial charge on any atom is 0.366 e. The molecule has 0 radical (unpaired) electrons. The molecule has 0 spiro atoms. The van der Waals surface area contributed by atoms with Gasteiger partial charge in [0.2, 0.25) is 0 Å². The van der Waals surface area contributed by atoms with E-state index in [1.54, 1.807) is 6.92 Å². The molecule has 0 aliphatic carbocycles. The number of hydrogen-bond acceptors (Lipinski definition) is 6. The second-order valence-electron chi connectivity index (χ2n) is 7.81. The average Bonchev–Trinajstić information content (AvgIpc) is 2.72. The quantitative estimate of drug-likeness (QED) is 0.485. The SMILES string of the molecule is COC(=O)[C@]1(C)OC[C@H](CCCCC(NC(=O)c2ccc(C)c(F)c2)C(C)=O)CO1. The van der Waals surface area contributed by atoms with Gasteiger partial charge in [-0.1, -0.05) is 18.9 Å². The summed E-state index contributed by atoms with van der Waals surface area (Å²) in [7, 11) is 1.28. The van der Waals surface area contributed by atoms with E-state index in [-0.39, 0.29) is 17.3 Å². The van der Waals surface area contributed by atoms with E-state index in [1.807, 2.05) is 0 Å². The van der Waals surface area contributed by atoms with Crippen molar-refractivity contribution in [3.63, 3.8) is 0 Å². The Labute approximate surface area is 176 Å². The Morgan fingerprint density at radius 3 is 2.50 bits per heavy atom. The lowest BCUT2D eigenvalue weighted by Gasteiger charge is -2.35. The summed E-state index contributed by atoms with van der Waals surface area (Å²) < 4.78 is 29.4. The summed E-state index contributed by atoms with van der Waals surface area (Å²) in [5.74, 6) is -2.84. The standard InChI is InChI=1S/C22H30FNO6/c1-14-9-10-17(11-18(14)23)20(26)24-19(15(2)25)8-6-5-7-16-12-29-22(3,30-13-16)21(27)28-4/h9-11,16,19H,5-8,12-13H2,1-4H3,(H,24,26)/t16-,19?,22+. The van der Waals surface area contributed by atoms with Crippen LogP contribution in [0.3, 0.4) is 0 Å². The Morgan fingerprint density at radius 2 is 1.93 bits per heavy atom. The Morgan fingerprint density at radius 1 is 1.27 bits per heavy atom. The van der Waals surface area contributed by atoms with Crippen molar-refractivity contribution >= 4 is 17.7 Å². The summed E-state index contributed by atoms with van der Waals surface area (Å²) in [4.78, 5) is 35.9. The predicted octanol–water partition coefficient (Wildman–Crippen LogP) is 2.93. The minimum absolute atomic E-state index is 0.142. The fourth-order valence-corrected chi connectivity index (χ4v) is 3.25. The number of benzene rings is 1. The van der Waals surface area contributed by atoms with Crippen LogP contribution in [-0.4, -0.2) is 49.8 Å². The molecule has 0 saturated carbocycles. The molecule has 0 aromatic heterocycles. The van der Waals surface area contributed by atoms with Gasteiger partial charge < -0.3 is 19.5 Å². The third-order valence-electron chi connectivity index (χ3n) is 5.33. The largest absolute Gasteiger partial charge is 0.465 e. The molecule has 1 unspecified atom stereocenters. The minimum Gasteiger partial charge on any atom is -0.465 e. The molecule has 1 heterocycles. The molecule has 1 aromatic carbocycles. The normalized spacial score (nSPS) is 22.2. The Kier molecular flexibility index (Phi) is 8.49. The van der Waals surface area contributed by atoms with Crippen LogP contribution in [0, 0.1) is 18.7 Å². The molecule has 1 saturated heterocycles. The van der Waals surface area contributed by atoms with E-state index in [9.17, 15) is 18.8 Å². The summed E-state index contributed by atoms with van der Waals surface area (Å²) >= 11 is 0. The number of halogens is 1. The topological polar surface area (TPSA) is 90.9 Å². The second-order valence-corrected chi connectivity index (χ2v) is 7.81. The van der Waals surface area contributed by atoms with Gasteiger partial charge in [0.15, 0.2) is 5.78 Å². The number of ketones is 1. The van der Waals surface area contributed by atoms with Crippen molar-refractivity contribution < 1.29 is 33.0 Å². The molecule has 1 N–H and O–H groups in total. The Bertz CT molecular complexity index is 773. The molecule has 1 aliphatic heterocycles. The molecule has 1 aromatic rings. The van der Waals surface area contributed by atoms with Gasteiger partial charge in [-0.2, -0.15) is 0 Å². The van der Waals surface area contributed by atoms with Gasteiger partial charge >= 0.3 is 5.97 Å². The summed E-state index contributed by atoms with van der Waals surface area (Å²) in [6.07, 6.45) is 2.82. The Hall–Kier alpha value is -2.32. The molecule has 1 aliphatic rings. The molecule has 0 bridgehead atoms. The lowest BCUT2D eigenvalue weighted by Crippen LogP contribution is -2.48. The number of carbonyl (C=O) groups is 3. The zero-order valence-corrected chi connectivity index (χ0v) is 18.0. The van der Waals surface area contributed by atoms with Crippen molar-refractivity contribution in [2.45, 2.75) is 58.3 Å². The average molecular weight is 423 g/mol. The predicted molar refractivity (Wildman–Crippen MR) is 107 cm³/mol. The minimum atomic E-state index is -1.36. The van der Waals surface area contributed by atoms with Crippen LogP contribution in [0.15, 0.2) is 18.2 Å². The Balaban J connectivity index is 1.76. The van der Waals surface area contributed by atoms with E-state index in [0.29, 0.717) is 25.2 Å². The highest BCUT2D eigenvalue weighted by Gasteiger charge is 2.41. The number of methoxy groups -OCH3 is 1. The smallest absolute Gasteiger partial charge is 0.366 e. The second kappa shape index (κ2) is 10.6. The van der Waals surface area contributed by atoms with Gasteiger partial charge in [0.25, 0.3) is 11.7 Å². The van der Waals surface area contributed by atoms with Crippen LogP contribution in [0.5, 0.6) is 0 Å². The number of hydrogen-bond donors (Lipinski definition) is 1. The van der Waals surface area contributed by atoms with E-state index in [4.69, 9.17) is 9.47 Å². The third-order valence-corrected chi connectivity index (χ3v) is 5.33. The molecule has 166 valence electrons. The van der Waals surface area contributed by atoms with Crippen LogP contribution in [0.1, 0.15) is 55.5 Å². The van der Waals surface area contributed by atoms with Gasteiger partial charge in [-0.15, -0.1) is 0 Å². The number of unbranched alkanes of at least 4 members (excludes halogenated alkanes) is 1. The van der Waals surface area contributed by atoms with Crippen LogP contribution in [0.2, 0.25) is 0 Å². The van der Waals surface area contributed by atoms with Gasteiger partial charge in [-0.05, 0) is 44.4 Å².